The number of allylic oxidation sites excluding steroid dienone is 1. The van der Waals surface area contributed by atoms with Gasteiger partial charge in [-0.2, -0.15) is 5.26 Å². The molecule has 24 heavy (non-hydrogen) atoms. The van der Waals surface area contributed by atoms with Crippen LogP contribution in [0.3, 0.4) is 0 Å². The third kappa shape index (κ3) is 2.01. The van der Waals surface area contributed by atoms with E-state index >= 15 is 0 Å². The highest BCUT2D eigenvalue weighted by atomic mass is 16.5. The second kappa shape index (κ2) is 5.36. The number of nitrogens with one attached hydrogen (secondary N) is 1. The molecule has 118 valence electrons. The molecular weight excluding hydrogens is 302 g/mol. The Labute approximate surface area is 138 Å². The lowest BCUT2D eigenvalue weighted by Gasteiger charge is -2.27. The van der Waals surface area contributed by atoms with E-state index < -0.39 is 0 Å². The molecule has 0 aliphatic carbocycles. The number of hydrogen-bond acceptors (Lipinski definition) is 4. The average molecular weight is 317 g/mol. The molecule has 0 unspecified atom stereocenters. The van der Waals surface area contributed by atoms with Gasteiger partial charge in [0, 0.05) is 22.7 Å². The van der Waals surface area contributed by atoms with Gasteiger partial charge in [-0.05, 0) is 29.8 Å². The summed E-state index contributed by atoms with van der Waals surface area (Å²) in [6.45, 7) is 0. The lowest BCUT2D eigenvalue weighted by molar-refractivity contribution is 0.398. The zero-order chi connectivity index (χ0) is 16.7. The number of fused-ring (bicyclic) bond motifs is 3. The highest BCUT2D eigenvalue weighted by Gasteiger charge is 2.31. The Hall–Kier alpha value is -3.39. The van der Waals surface area contributed by atoms with Crippen molar-refractivity contribution in [3.8, 4) is 17.6 Å². The van der Waals surface area contributed by atoms with E-state index in [0.29, 0.717) is 11.3 Å². The van der Waals surface area contributed by atoms with E-state index in [9.17, 15) is 5.26 Å². The van der Waals surface area contributed by atoms with E-state index in [-0.39, 0.29) is 11.8 Å². The molecule has 3 N–H and O–H groups in total. The molecule has 0 saturated carbocycles. The average Bonchev–Trinajstić information content (AvgIpc) is 3.10. The summed E-state index contributed by atoms with van der Waals surface area (Å²) < 4.78 is 11.0. The molecule has 4 rings (SSSR count). The maximum absolute atomic E-state index is 9.59. The fraction of sp³-hybridized carbons (Fsp3) is 0.105. The Balaban J connectivity index is 1.95. The summed E-state index contributed by atoms with van der Waals surface area (Å²) in [6.07, 6.45) is 1.86. The molecular formula is C19H15N3O2. The van der Waals surface area contributed by atoms with Gasteiger partial charge >= 0.3 is 0 Å². The molecule has 0 radical (unpaired) electrons. The fourth-order valence-corrected chi connectivity index (χ4v) is 3.19. The number of benzene rings is 2. The molecule has 1 aliphatic rings. The van der Waals surface area contributed by atoms with Crippen molar-refractivity contribution in [3.63, 3.8) is 0 Å². The number of nitriles is 1. The van der Waals surface area contributed by atoms with Crippen molar-refractivity contribution in [3.05, 3.63) is 71.2 Å². The van der Waals surface area contributed by atoms with Gasteiger partial charge in [0.1, 0.15) is 23.1 Å². The molecule has 1 aromatic heterocycles. The van der Waals surface area contributed by atoms with Crippen LogP contribution in [0.4, 0.5) is 0 Å². The topological polar surface area (TPSA) is 84.1 Å². The summed E-state index contributed by atoms with van der Waals surface area (Å²) in [6, 6.07) is 15.8. The molecule has 0 bridgehead atoms. The summed E-state index contributed by atoms with van der Waals surface area (Å²) in [5.74, 6) is 1.36. The van der Waals surface area contributed by atoms with Crippen molar-refractivity contribution in [2.45, 2.75) is 5.92 Å². The zero-order valence-electron chi connectivity index (χ0n) is 13.0. The first kappa shape index (κ1) is 14.2. The largest absolute Gasteiger partial charge is 0.497 e. The first-order valence-corrected chi connectivity index (χ1v) is 7.54. The lowest BCUT2D eigenvalue weighted by atomic mass is 9.83. The number of nitrogens with zero attached hydrogens (tertiary/aromatic N) is 1. The second-order valence-corrected chi connectivity index (χ2v) is 5.62. The zero-order valence-corrected chi connectivity index (χ0v) is 13.0. The van der Waals surface area contributed by atoms with Gasteiger partial charge in [0.05, 0.1) is 13.0 Å². The van der Waals surface area contributed by atoms with Gasteiger partial charge in [-0.1, -0.05) is 18.2 Å². The summed E-state index contributed by atoms with van der Waals surface area (Å²) >= 11 is 0. The van der Waals surface area contributed by atoms with E-state index in [1.165, 1.54) is 0 Å². The van der Waals surface area contributed by atoms with Gasteiger partial charge in [-0.25, -0.2) is 0 Å². The van der Waals surface area contributed by atoms with Crippen LogP contribution in [0, 0.1) is 11.3 Å². The maximum Gasteiger partial charge on any atom is 0.205 e. The van der Waals surface area contributed by atoms with E-state index in [1.54, 1.807) is 7.11 Å². The van der Waals surface area contributed by atoms with Crippen molar-refractivity contribution >= 4 is 10.9 Å². The van der Waals surface area contributed by atoms with Crippen molar-refractivity contribution in [2.24, 2.45) is 5.73 Å². The minimum absolute atomic E-state index is 0.152. The Kier molecular flexibility index (Phi) is 3.17. The lowest BCUT2D eigenvalue weighted by Crippen LogP contribution is -2.21. The first-order valence-electron chi connectivity index (χ1n) is 7.54. The molecule has 3 aromatic rings. The fourth-order valence-electron chi connectivity index (χ4n) is 3.19. The number of ether oxygens (including phenoxy) is 2. The van der Waals surface area contributed by atoms with Gasteiger partial charge in [0.2, 0.25) is 5.88 Å². The first-order chi connectivity index (χ1) is 11.7. The Bertz CT molecular complexity index is 994. The maximum atomic E-state index is 9.59. The molecule has 0 saturated heterocycles. The van der Waals surface area contributed by atoms with Crippen LogP contribution >= 0.6 is 0 Å². The number of H-pyrrole nitrogens is 1. The summed E-state index contributed by atoms with van der Waals surface area (Å²) in [7, 11) is 1.62. The van der Waals surface area contributed by atoms with E-state index in [2.05, 4.69) is 11.1 Å². The van der Waals surface area contributed by atoms with Crippen molar-refractivity contribution < 1.29 is 9.47 Å². The normalized spacial score (nSPS) is 16.4. The van der Waals surface area contributed by atoms with Crippen LogP contribution in [0.2, 0.25) is 0 Å². The summed E-state index contributed by atoms with van der Waals surface area (Å²) in [5.41, 5.74) is 9.33. The number of aromatic nitrogens is 1. The van der Waals surface area contributed by atoms with E-state index in [4.69, 9.17) is 15.2 Å². The van der Waals surface area contributed by atoms with Crippen molar-refractivity contribution in [1.29, 1.82) is 5.26 Å². The van der Waals surface area contributed by atoms with Gasteiger partial charge in [0.25, 0.3) is 0 Å². The minimum atomic E-state index is -0.260. The van der Waals surface area contributed by atoms with Crippen LogP contribution in [-0.2, 0) is 0 Å². The number of rotatable bonds is 2. The van der Waals surface area contributed by atoms with Crippen LogP contribution in [-0.4, -0.2) is 12.1 Å². The molecule has 0 fully saturated rings. The summed E-state index contributed by atoms with van der Waals surface area (Å²) in [4.78, 5) is 3.16. The number of aromatic amines is 1. The van der Waals surface area contributed by atoms with E-state index in [0.717, 1.165) is 27.8 Å². The SMILES string of the molecule is COc1ccc([C@H]2C(C#N)=C(N)Oc3c2ccc2[nH]ccc32)cc1. The van der Waals surface area contributed by atoms with Gasteiger partial charge < -0.3 is 20.2 Å². The Morgan fingerprint density at radius 1 is 1.17 bits per heavy atom. The van der Waals surface area contributed by atoms with Crippen LogP contribution in [0.1, 0.15) is 17.0 Å². The highest BCUT2D eigenvalue weighted by molar-refractivity contribution is 5.88. The molecule has 0 amide bonds. The van der Waals surface area contributed by atoms with Gasteiger partial charge in [0.15, 0.2) is 0 Å². The third-order valence-corrected chi connectivity index (χ3v) is 4.36. The number of nitrogens with two attached hydrogens (primary N) is 1. The molecule has 2 aromatic carbocycles. The Morgan fingerprint density at radius 3 is 2.67 bits per heavy atom. The predicted molar refractivity (Wildman–Crippen MR) is 90.6 cm³/mol. The van der Waals surface area contributed by atoms with Crippen LogP contribution < -0.4 is 15.2 Å². The van der Waals surface area contributed by atoms with Crippen LogP contribution in [0.25, 0.3) is 10.9 Å². The number of methoxy groups -OCH3 is 1. The van der Waals surface area contributed by atoms with Crippen molar-refractivity contribution in [2.75, 3.05) is 7.11 Å². The smallest absolute Gasteiger partial charge is 0.205 e. The molecule has 0 spiro atoms. The van der Waals surface area contributed by atoms with E-state index in [1.807, 2.05) is 48.7 Å². The van der Waals surface area contributed by atoms with Gasteiger partial charge in [-0.15, -0.1) is 0 Å². The quantitative estimate of drug-likeness (QED) is 0.758. The molecule has 2 heterocycles. The van der Waals surface area contributed by atoms with Crippen LogP contribution in [0.5, 0.6) is 11.5 Å². The van der Waals surface area contributed by atoms with Crippen LogP contribution in [0.15, 0.2) is 60.1 Å². The van der Waals surface area contributed by atoms with Crippen molar-refractivity contribution in [1.82, 2.24) is 4.98 Å². The monoisotopic (exact) mass is 317 g/mol. The highest BCUT2D eigenvalue weighted by Crippen LogP contribution is 2.45. The predicted octanol–water partition coefficient (Wildman–Crippen LogP) is 3.39. The van der Waals surface area contributed by atoms with Gasteiger partial charge in [-0.3, -0.25) is 0 Å². The molecule has 5 heteroatoms. The standard InChI is InChI=1S/C19H15N3O2/c1-23-12-4-2-11(3-5-12)17-14-6-7-16-13(8-9-22-16)18(14)24-19(21)15(17)10-20/h2-9,17,22H,21H2,1H3/t17-/m1/s1. The molecule has 1 aliphatic heterocycles. The minimum Gasteiger partial charge on any atom is -0.497 e. The third-order valence-electron chi connectivity index (χ3n) is 4.36. The number of hydrogen-bond donors (Lipinski definition) is 2. The molecule has 5 nitrogen and oxygen atoms in total. The second-order valence-electron chi connectivity index (χ2n) is 5.62. The summed E-state index contributed by atoms with van der Waals surface area (Å²) in [5, 5.41) is 10.5. The Morgan fingerprint density at radius 2 is 1.96 bits per heavy atom. The molecule has 1 atom stereocenters.